The molecule has 2 amide bonds. The number of thioether (sulfide) groups is 1. The van der Waals surface area contributed by atoms with E-state index in [0.717, 1.165) is 77.7 Å². The van der Waals surface area contributed by atoms with Crippen LogP contribution >= 0.6 is 11.8 Å². The number of ether oxygens (including phenoxy) is 3. The van der Waals surface area contributed by atoms with Crippen molar-refractivity contribution in [2.75, 3.05) is 31.2 Å². The lowest BCUT2D eigenvalue weighted by atomic mass is 10.1. The van der Waals surface area contributed by atoms with E-state index in [9.17, 15) is 9.59 Å². The Morgan fingerprint density at radius 3 is 2.54 bits per heavy atom. The van der Waals surface area contributed by atoms with E-state index in [1.54, 1.807) is 0 Å². The number of nitrogens with one attached hydrogen (secondary N) is 1. The molecule has 39 heavy (non-hydrogen) atoms. The summed E-state index contributed by atoms with van der Waals surface area (Å²) in [4.78, 5) is 30.2. The highest BCUT2D eigenvalue weighted by atomic mass is 32.2. The number of hydrogen-bond donors (Lipinski definition) is 1. The van der Waals surface area contributed by atoms with Crippen molar-refractivity contribution in [3.05, 3.63) is 78.1 Å². The second-order valence-corrected chi connectivity index (χ2v) is 10.6. The third-order valence-corrected chi connectivity index (χ3v) is 7.84. The number of hydrogen-bond acceptors (Lipinski definition) is 8. The third kappa shape index (κ3) is 5.71. The van der Waals surface area contributed by atoms with E-state index in [2.05, 4.69) is 22.3 Å². The molecule has 2 aliphatic heterocycles. The first-order chi connectivity index (χ1) is 19.0. The van der Waals surface area contributed by atoms with Crippen LogP contribution in [0.4, 0.5) is 10.5 Å². The van der Waals surface area contributed by atoms with E-state index in [1.807, 2.05) is 66.2 Å². The Morgan fingerprint density at radius 1 is 1.00 bits per heavy atom. The minimum atomic E-state index is -0.383. The lowest BCUT2D eigenvalue weighted by molar-refractivity contribution is -0.118. The highest BCUT2D eigenvalue weighted by Crippen LogP contribution is 2.29. The minimum absolute atomic E-state index is 0.234. The zero-order chi connectivity index (χ0) is 26.8. The number of nitrogens with zero attached hydrogens (tertiary/aromatic N) is 3. The molecular formula is C29H28N4O5S. The van der Waals surface area contributed by atoms with E-state index < -0.39 is 0 Å². The van der Waals surface area contributed by atoms with Gasteiger partial charge in [-0.1, -0.05) is 30.0 Å². The summed E-state index contributed by atoms with van der Waals surface area (Å²) in [7, 11) is 1.96. The molecule has 1 atom stereocenters. The van der Waals surface area contributed by atoms with Crippen molar-refractivity contribution < 1.29 is 23.8 Å². The first kappa shape index (κ1) is 25.3. The maximum absolute atomic E-state index is 11.8. The molecule has 3 aromatic carbocycles. The number of imidazole rings is 1. The summed E-state index contributed by atoms with van der Waals surface area (Å²) in [6, 6.07) is 21.6. The van der Waals surface area contributed by atoms with Gasteiger partial charge in [-0.15, -0.1) is 0 Å². The number of aromatic nitrogens is 2. The SMILES string of the molecule is Cn1c(COc2ccc(CC3SC(=O)NC3=O)cc2)nc2ccc(Oc3cccc(N4CCOCC4)c3)cc21. The highest BCUT2D eigenvalue weighted by molar-refractivity contribution is 8.15. The van der Waals surface area contributed by atoms with Crippen molar-refractivity contribution in [2.45, 2.75) is 18.3 Å². The molecular weight excluding hydrogens is 516 g/mol. The molecule has 10 heteroatoms. The van der Waals surface area contributed by atoms with Crippen LogP contribution in [0.2, 0.25) is 0 Å². The van der Waals surface area contributed by atoms with Crippen LogP contribution in [-0.2, 0) is 29.6 Å². The van der Waals surface area contributed by atoms with Crippen molar-refractivity contribution in [1.29, 1.82) is 0 Å². The number of aryl methyl sites for hydroxylation is 1. The number of morpholine rings is 1. The maximum atomic E-state index is 11.8. The van der Waals surface area contributed by atoms with Crippen molar-refractivity contribution in [3.63, 3.8) is 0 Å². The number of amides is 2. The smallest absolute Gasteiger partial charge is 0.286 e. The molecule has 200 valence electrons. The quantitative estimate of drug-likeness (QED) is 0.342. The largest absolute Gasteiger partial charge is 0.486 e. The van der Waals surface area contributed by atoms with Crippen LogP contribution in [0.25, 0.3) is 11.0 Å². The van der Waals surface area contributed by atoms with Gasteiger partial charge in [-0.05, 0) is 48.4 Å². The van der Waals surface area contributed by atoms with E-state index in [1.165, 1.54) is 0 Å². The fraction of sp³-hybridized carbons (Fsp3) is 0.276. The van der Waals surface area contributed by atoms with Crippen molar-refractivity contribution >= 4 is 39.6 Å². The van der Waals surface area contributed by atoms with Gasteiger partial charge in [-0.3, -0.25) is 14.9 Å². The molecule has 0 bridgehead atoms. The van der Waals surface area contributed by atoms with Gasteiger partial charge < -0.3 is 23.7 Å². The van der Waals surface area contributed by atoms with Gasteiger partial charge in [0.15, 0.2) is 0 Å². The number of rotatable bonds is 8. The normalized spacial score (nSPS) is 17.5. The Kier molecular flexibility index (Phi) is 7.12. The monoisotopic (exact) mass is 544 g/mol. The highest BCUT2D eigenvalue weighted by Gasteiger charge is 2.31. The number of carbonyl (C=O) groups is 2. The van der Waals surface area contributed by atoms with Gasteiger partial charge in [0.25, 0.3) is 5.24 Å². The molecule has 9 nitrogen and oxygen atoms in total. The third-order valence-electron chi connectivity index (χ3n) is 6.85. The number of benzene rings is 3. The molecule has 2 saturated heterocycles. The van der Waals surface area contributed by atoms with Gasteiger partial charge in [0.05, 0.1) is 29.5 Å². The van der Waals surface area contributed by atoms with E-state index >= 15 is 0 Å². The van der Waals surface area contributed by atoms with Crippen LogP contribution in [0.15, 0.2) is 66.7 Å². The van der Waals surface area contributed by atoms with Crippen LogP contribution in [0.5, 0.6) is 17.2 Å². The standard InChI is InChI=1S/C29H28N4O5S/c1-32-25-17-23(38-22-4-2-3-20(16-22)33-11-13-36-14-12-33)9-10-24(25)30-27(32)18-37-21-7-5-19(6-8-21)15-26-28(34)31-29(35)39-26/h2-10,16-17,26H,11-15,18H2,1H3,(H,31,34,35). The van der Waals surface area contributed by atoms with Gasteiger partial charge in [0, 0.05) is 38.0 Å². The lowest BCUT2D eigenvalue weighted by Gasteiger charge is -2.29. The van der Waals surface area contributed by atoms with Gasteiger partial charge in [0.2, 0.25) is 5.91 Å². The molecule has 1 N–H and O–H groups in total. The molecule has 4 aromatic rings. The molecule has 6 rings (SSSR count). The number of carbonyl (C=O) groups excluding carboxylic acids is 2. The molecule has 0 saturated carbocycles. The van der Waals surface area contributed by atoms with Crippen LogP contribution < -0.4 is 19.7 Å². The first-order valence-corrected chi connectivity index (χ1v) is 13.7. The summed E-state index contributed by atoms with van der Waals surface area (Å²) in [6.07, 6.45) is 0.495. The Balaban J connectivity index is 1.10. The molecule has 1 unspecified atom stereocenters. The molecule has 2 aliphatic rings. The molecule has 0 radical (unpaired) electrons. The summed E-state index contributed by atoms with van der Waals surface area (Å²) in [5.41, 5.74) is 3.91. The topological polar surface area (TPSA) is 94.9 Å². The zero-order valence-corrected chi connectivity index (χ0v) is 22.3. The summed E-state index contributed by atoms with van der Waals surface area (Å²) in [5, 5.41) is 1.65. The summed E-state index contributed by atoms with van der Waals surface area (Å²) in [6.45, 7) is 3.53. The minimum Gasteiger partial charge on any atom is -0.486 e. The van der Waals surface area contributed by atoms with E-state index in [0.29, 0.717) is 18.8 Å². The maximum Gasteiger partial charge on any atom is 0.286 e. The summed E-state index contributed by atoms with van der Waals surface area (Å²) >= 11 is 1.03. The van der Waals surface area contributed by atoms with Crippen molar-refractivity contribution in [3.8, 4) is 17.2 Å². The average molecular weight is 545 g/mol. The van der Waals surface area contributed by atoms with Crippen LogP contribution in [-0.4, -0.2) is 52.3 Å². The number of imide groups is 1. The number of anilines is 1. The van der Waals surface area contributed by atoms with Crippen LogP contribution in [0.3, 0.4) is 0 Å². The first-order valence-electron chi connectivity index (χ1n) is 12.8. The van der Waals surface area contributed by atoms with Crippen LogP contribution in [0, 0.1) is 0 Å². The van der Waals surface area contributed by atoms with E-state index in [-0.39, 0.29) is 16.4 Å². The van der Waals surface area contributed by atoms with Crippen LogP contribution in [0.1, 0.15) is 11.4 Å². The fourth-order valence-electron chi connectivity index (χ4n) is 4.72. The fourth-order valence-corrected chi connectivity index (χ4v) is 5.58. The van der Waals surface area contributed by atoms with E-state index in [4.69, 9.17) is 19.2 Å². The molecule has 1 aromatic heterocycles. The molecule has 2 fully saturated rings. The second kappa shape index (κ2) is 11.0. The Bertz CT molecular complexity index is 1510. The number of fused-ring (bicyclic) bond motifs is 1. The second-order valence-electron chi connectivity index (χ2n) is 9.46. The Morgan fingerprint density at radius 2 is 1.77 bits per heavy atom. The van der Waals surface area contributed by atoms with Gasteiger partial charge >= 0.3 is 0 Å². The summed E-state index contributed by atoms with van der Waals surface area (Å²) in [5.74, 6) is 2.78. The predicted octanol–water partition coefficient (Wildman–Crippen LogP) is 4.68. The molecule has 0 aliphatic carbocycles. The van der Waals surface area contributed by atoms with Crippen molar-refractivity contribution in [2.24, 2.45) is 7.05 Å². The average Bonchev–Trinajstić information content (AvgIpc) is 3.45. The van der Waals surface area contributed by atoms with Crippen molar-refractivity contribution in [1.82, 2.24) is 14.9 Å². The molecule has 3 heterocycles. The predicted molar refractivity (Wildman–Crippen MR) is 150 cm³/mol. The Hall–Kier alpha value is -4.02. The van der Waals surface area contributed by atoms with Gasteiger partial charge in [-0.25, -0.2) is 4.98 Å². The van der Waals surface area contributed by atoms with Gasteiger partial charge in [0.1, 0.15) is 29.7 Å². The van der Waals surface area contributed by atoms with Gasteiger partial charge in [-0.2, -0.15) is 0 Å². The zero-order valence-electron chi connectivity index (χ0n) is 21.5. The Labute approximate surface area is 230 Å². The lowest BCUT2D eigenvalue weighted by Crippen LogP contribution is -2.36. The molecule has 0 spiro atoms. The summed E-state index contributed by atoms with van der Waals surface area (Å²) < 4.78 is 19.7.